The van der Waals surface area contributed by atoms with Gasteiger partial charge in [-0.1, -0.05) is 26.0 Å². The summed E-state index contributed by atoms with van der Waals surface area (Å²) in [4.78, 5) is 4.74. The van der Waals surface area contributed by atoms with E-state index in [-0.39, 0.29) is 34.9 Å². The SMILES string of the molecule is CC(C)(c1[c-]cccc1)c1ccn(-c2cccc(-c3[c-]cccc3)n2)n1.[B].[Pt+2]. The van der Waals surface area contributed by atoms with Crippen molar-refractivity contribution in [3.05, 3.63) is 102 Å². The third-order valence-corrected chi connectivity index (χ3v) is 4.57. The Balaban J connectivity index is 0.00000140. The minimum atomic E-state index is -0.225. The third kappa shape index (κ3) is 4.34. The molecule has 4 aromatic rings. The van der Waals surface area contributed by atoms with E-state index in [1.807, 2.05) is 77.6 Å². The van der Waals surface area contributed by atoms with E-state index in [0.717, 1.165) is 28.3 Å². The molecule has 0 unspecified atom stereocenters. The summed E-state index contributed by atoms with van der Waals surface area (Å²) in [6, 6.07) is 30.4. The van der Waals surface area contributed by atoms with Crippen LogP contribution in [0.5, 0.6) is 0 Å². The van der Waals surface area contributed by atoms with E-state index in [0.29, 0.717) is 0 Å². The van der Waals surface area contributed by atoms with Crippen LogP contribution < -0.4 is 0 Å². The zero-order valence-electron chi connectivity index (χ0n) is 15.7. The topological polar surface area (TPSA) is 30.7 Å². The number of aromatic nitrogens is 3. The second-order valence-electron chi connectivity index (χ2n) is 6.70. The van der Waals surface area contributed by atoms with Crippen LogP contribution in [0.25, 0.3) is 17.1 Å². The second-order valence-corrected chi connectivity index (χ2v) is 6.70. The molecule has 0 N–H and O–H groups in total. The van der Waals surface area contributed by atoms with Crippen LogP contribution in [0.15, 0.2) is 79.0 Å². The Morgan fingerprint density at radius 2 is 1.61 bits per heavy atom. The monoisotopic (exact) mass is 543 g/mol. The molecule has 2 aromatic carbocycles. The molecular weight excluding hydrogens is 524 g/mol. The molecule has 0 aliphatic rings. The van der Waals surface area contributed by atoms with Gasteiger partial charge in [0.25, 0.3) is 0 Å². The van der Waals surface area contributed by atoms with Crippen LogP contribution in [-0.2, 0) is 26.5 Å². The number of benzene rings is 2. The molecule has 3 radical (unpaired) electrons. The average molecular weight is 543 g/mol. The Morgan fingerprint density at radius 1 is 0.857 bits per heavy atom. The maximum absolute atomic E-state index is 4.79. The van der Waals surface area contributed by atoms with Crippen LogP contribution >= 0.6 is 0 Å². The summed E-state index contributed by atoms with van der Waals surface area (Å²) in [5.74, 6) is 0.791. The summed E-state index contributed by atoms with van der Waals surface area (Å²) in [6.07, 6.45) is 1.96. The maximum Gasteiger partial charge on any atom is 2.00 e. The normalized spacial score (nSPS) is 10.6. The fourth-order valence-electron chi connectivity index (χ4n) is 2.96. The van der Waals surface area contributed by atoms with Crippen LogP contribution in [-0.4, -0.2) is 23.2 Å². The molecule has 0 saturated heterocycles. The van der Waals surface area contributed by atoms with E-state index < -0.39 is 0 Å². The molecule has 0 aliphatic carbocycles. The van der Waals surface area contributed by atoms with Gasteiger partial charge in [0.1, 0.15) is 5.82 Å². The summed E-state index contributed by atoms with van der Waals surface area (Å²) in [5.41, 5.74) is 3.73. The van der Waals surface area contributed by atoms with E-state index >= 15 is 0 Å². The molecule has 28 heavy (non-hydrogen) atoms. The Kier molecular flexibility index (Phi) is 7.15. The number of nitrogens with zero attached hydrogens (tertiary/aromatic N) is 3. The molecule has 0 bridgehead atoms. The summed E-state index contributed by atoms with van der Waals surface area (Å²) in [6.45, 7) is 4.32. The molecule has 2 aromatic heterocycles. The molecule has 139 valence electrons. The first-order valence-electron chi connectivity index (χ1n) is 8.62. The second kappa shape index (κ2) is 9.16. The van der Waals surface area contributed by atoms with Crippen molar-refractivity contribution in [2.45, 2.75) is 19.3 Å². The van der Waals surface area contributed by atoms with Crippen molar-refractivity contribution in [2.75, 3.05) is 0 Å². The van der Waals surface area contributed by atoms with E-state index in [4.69, 9.17) is 10.1 Å². The maximum atomic E-state index is 4.79. The molecule has 0 amide bonds. The molecule has 0 spiro atoms. The molecule has 0 fully saturated rings. The molecule has 5 heteroatoms. The fraction of sp³-hybridized carbons (Fsp3) is 0.130. The van der Waals surface area contributed by atoms with Crippen molar-refractivity contribution in [2.24, 2.45) is 0 Å². The van der Waals surface area contributed by atoms with Gasteiger partial charge in [0, 0.05) is 20.0 Å². The van der Waals surface area contributed by atoms with Gasteiger partial charge in [-0.25, -0.2) is 4.68 Å². The summed E-state index contributed by atoms with van der Waals surface area (Å²) >= 11 is 0. The van der Waals surface area contributed by atoms with Crippen LogP contribution in [0.4, 0.5) is 0 Å². The van der Waals surface area contributed by atoms with Crippen molar-refractivity contribution in [3.63, 3.8) is 0 Å². The van der Waals surface area contributed by atoms with Gasteiger partial charge in [-0.3, -0.25) is 4.98 Å². The zero-order chi connectivity index (χ0) is 18.0. The van der Waals surface area contributed by atoms with Gasteiger partial charge in [-0.15, -0.1) is 35.9 Å². The summed E-state index contributed by atoms with van der Waals surface area (Å²) in [7, 11) is 0. The predicted octanol–water partition coefficient (Wildman–Crippen LogP) is 4.48. The molecule has 0 saturated carbocycles. The molecule has 4 rings (SSSR count). The van der Waals surface area contributed by atoms with Crippen molar-refractivity contribution >= 4 is 8.41 Å². The van der Waals surface area contributed by atoms with Crippen LogP contribution in [0.1, 0.15) is 25.1 Å². The average Bonchev–Trinajstić information content (AvgIpc) is 3.21. The first-order valence-corrected chi connectivity index (χ1v) is 8.62. The van der Waals surface area contributed by atoms with Crippen molar-refractivity contribution in [1.82, 2.24) is 14.8 Å². The van der Waals surface area contributed by atoms with E-state index in [2.05, 4.69) is 32.0 Å². The van der Waals surface area contributed by atoms with Crippen molar-refractivity contribution in [3.8, 4) is 17.1 Å². The predicted molar refractivity (Wildman–Crippen MR) is 109 cm³/mol. The number of hydrogen-bond acceptors (Lipinski definition) is 2. The number of rotatable bonds is 4. The fourth-order valence-corrected chi connectivity index (χ4v) is 2.96. The Bertz CT molecular complexity index is 1010. The van der Waals surface area contributed by atoms with E-state index in [1.54, 1.807) is 0 Å². The minimum absolute atomic E-state index is 0. The van der Waals surface area contributed by atoms with Crippen LogP contribution in [0, 0.1) is 12.1 Å². The van der Waals surface area contributed by atoms with Gasteiger partial charge in [-0.05, 0) is 17.8 Å². The molecule has 0 aliphatic heterocycles. The van der Waals surface area contributed by atoms with Gasteiger partial charge in [0.05, 0.1) is 5.69 Å². The summed E-state index contributed by atoms with van der Waals surface area (Å²) in [5, 5.41) is 4.79. The van der Waals surface area contributed by atoms with Gasteiger partial charge in [0.15, 0.2) is 0 Å². The molecular formula is C23H19BN3Pt. The quantitative estimate of drug-likeness (QED) is 0.281. The molecule has 3 nitrogen and oxygen atoms in total. The van der Waals surface area contributed by atoms with E-state index in [1.165, 1.54) is 0 Å². The number of pyridine rings is 1. The Morgan fingerprint density at radius 3 is 2.29 bits per heavy atom. The van der Waals surface area contributed by atoms with Crippen molar-refractivity contribution < 1.29 is 21.1 Å². The molecule has 2 heterocycles. The summed E-state index contributed by atoms with van der Waals surface area (Å²) < 4.78 is 1.83. The first-order chi connectivity index (χ1) is 12.6. The Labute approximate surface area is 182 Å². The van der Waals surface area contributed by atoms with Crippen LogP contribution in [0.3, 0.4) is 0 Å². The minimum Gasteiger partial charge on any atom is -0.279 e. The van der Waals surface area contributed by atoms with Gasteiger partial charge in [0.2, 0.25) is 0 Å². The standard InChI is InChI=1S/C23H19N3.B.Pt/c1-23(2,19-12-7-4-8-13-19)21-16-17-26(25-21)22-15-9-14-20(24-22)18-10-5-3-6-11-18;;/h3-10,12,14-17H,1-2H3;;/q-2;;+2. The first kappa shape index (κ1) is 21.8. The van der Waals surface area contributed by atoms with Gasteiger partial charge >= 0.3 is 21.1 Å². The van der Waals surface area contributed by atoms with Crippen LogP contribution in [0.2, 0.25) is 0 Å². The van der Waals surface area contributed by atoms with Gasteiger partial charge in [-0.2, -0.15) is 41.0 Å². The number of hydrogen-bond donors (Lipinski definition) is 0. The smallest absolute Gasteiger partial charge is 0.279 e. The zero-order valence-corrected chi connectivity index (χ0v) is 18.0. The van der Waals surface area contributed by atoms with Crippen molar-refractivity contribution in [1.29, 1.82) is 0 Å². The largest absolute Gasteiger partial charge is 2.00 e. The Hall–Kier alpha value is -2.45. The third-order valence-electron chi connectivity index (χ3n) is 4.57. The van der Waals surface area contributed by atoms with E-state index in [9.17, 15) is 0 Å². The molecule has 0 atom stereocenters. The van der Waals surface area contributed by atoms with Gasteiger partial charge < -0.3 is 0 Å².